The lowest BCUT2D eigenvalue weighted by Crippen LogP contribution is -2.13. The van der Waals surface area contributed by atoms with Crippen LogP contribution in [0.3, 0.4) is 0 Å². The molecule has 1 aliphatic heterocycles. The number of fused-ring (bicyclic) bond motifs is 1. The highest BCUT2D eigenvalue weighted by molar-refractivity contribution is 5.53. The number of ether oxygens (including phenoxy) is 2. The van der Waals surface area contributed by atoms with Gasteiger partial charge in [-0.25, -0.2) is 0 Å². The molecule has 1 aromatic carbocycles. The van der Waals surface area contributed by atoms with Crippen molar-refractivity contribution < 1.29 is 14.3 Å². The Balaban J connectivity index is 2.34. The Morgan fingerprint density at radius 1 is 1.53 bits per heavy atom. The topological polar surface area (TPSA) is 35.5 Å². The van der Waals surface area contributed by atoms with Crippen LogP contribution in [0.1, 0.15) is 30.4 Å². The van der Waals surface area contributed by atoms with Gasteiger partial charge in [0.05, 0.1) is 6.61 Å². The largest absolute Gasteiger partial charge is 0.467 e. The first-order valence-electron chi connectivity index (χ1n) is 5.09. The van der Waals surface area contributed by atoms with E-state index in [0.29, 0.717) is 19.8 Å². The lowest BCUT2D eigenvalue weighted by molar-refractivity contribution is -0.108. The predicted molar refractivity (Wildman–Crippen MR) is 55.8 cm³/mol. The first-order chi connectivity index (χ1) is 7.33. The Morgan fingerprint density at radius 3 is 3.20 bits per heavy atom. The van der Waals surface area contributed by atoms with Gasteiger partial charge in [0, 0.05) is 12.0 Å². The maximum atomic E-state index is 10.5. The van der Waals surface area contributed by atoms with Crippen molar-refractivity contribution in [2.24, 2.45) is 0 Å². The van der Waals surface area contributed by atoms with Crippen LogP contribution in [-0.4, -0.2) is 13.1 Å². The van der Waals surface area contributed by atoms with Crippen molar-refractivity contribution >= 4 is 6.29 Å². The third-order valence-corrected chi connectivity index (χ3v) is 2.65. The summed E-state index contributed by atoms with van der Waals surface area (Å²) in [5, 5.41) is 0. The molecule has 1 heterocycles. The molecule has 0 amide bonds. The Bertz CT molecular complexity index is 360. The van der Waals surface area contributed by atoms with Gasteiger partial charge in [0.1, 0.15) is 12.0 Å². The molecule has 0 saturated heterocycles. The van der Waals surface area contributed by atoms with Gasteiger partial charge >= 0.3 is 0 Å². The van der Waals surface area contributed by atoms with E-state index in [-0.39, 0.29) is 5.92 Å². The van der Waals surface area contributed by atoms with Gasteiger partial charge < -0.3 is 14.3 Å². The van der Waals surface area contributed by atoms with Gasteiger partial charge in [0.2, 0.25) is 0 Å². The maximum absolute atomic E-state index is 10.5. The summed E-state index contributed by atoms with van der Waals surface area (Å²) in [5.74, 6) is 1.11. The molecular weight excluding hydrogens is 192 g/mol. The number of carbonyl (C=O) groups excluding carboxylic acids is 1. The molecule has 0 bridgehead atoms. The number of carbonyl (C=O) groups is 1. The van der Waals surface area contributed by atoms with Crippen molar-refractivity contribution in [2.45, 2.75) is 25.9 Å². The first-order valence-corrected chi connectivity index (χ1v) is 5.09. The van der Waals surface area contributed by atoms with Gasteiger partial charge in [-0.1, -0.05) is 25.1 Å². The smallest absolute Gasteiger partial charge is 0.189 e. The molecule has 3 heteroatoms. The van der Waals surface area contributed by atoms with Crippen molar-refractivity contribution in [1.29, 1.82) is 0 Å². The van der Waals surface area contributed by atoms with Crippen LogP contribution in [0.15, 0.2) is 18.2 Å². The van der Waals surface area contributed by atoms with Crippen LogP contribution in [0.4, 0.5) is 0 Å². The van der Waals surface area contributed by atoms with Crippen LogP contribution < -0.4 is 4.74 Å². The van der Waals surface area contributed by atoms with E-state index >= 15 is 0 Å². The van der Waals surface area contributed by atoms with Crippen molar-refractivity contribution in [1.82, 2.24) is 0 Å². The SMILES string of the molecule is CC(CC=O)c1cccc2c1OCOC2. The van der Waals surface area contributed by atoms with E-state index < -0.39 is 0 Å². The monoisotopic (exact) mass is 206 g/mol. The van der Waals surface area contributed by atoms with Gasteiger partial charge in [-0.05, 0) is 11.5 Å². The number of hydrogen-bond donors (Lipinski definition) is 0. The number of aldehydes is 1. The Hall–Kier alpha value is -1.35. The van der Waals surface area contributed by atoms with Gasteiger partial charge in [-0.15, -0.1) is 0 Å². The van der Waals surface area contributed by atoms with Gasteiger partial charge in [0.25, 0.3) is 0 Å². The molecule has 2 rings (SSSR count). The van der Waals surface area contributed by atoms with Crippen LogP contribution in [0.25, 0.3) is 0 Å². The van der Waals surface area contributed by atoms with E-state index in [1.54, 1.807) is 0 Å². The van der Waals surface area contributed by atoms with Gasteiger partial charge in [-0.3, -0.25) is 0 Å². The average molecular weight is 206 g/mol. The Morgan fingerprint density at radius 2 is 2.40 bits per heavy atom. The Labute approximate surface area is 89.0 Å². The lowest BCUT2D eigenvalue weighted by Gasteiger charge is -2.22. The minimum absolute atomic E-state index is 0.204. The molecule has 0 N–H and O–H groups in total. The summed E-state index contributed by atoms with van der Waals surface area (Å²) in [6, 6.07) is 5.98. The van der Waals surface area contributed by atoms with Crippen LogP contribution in [0, 0.1) is 0 Å². The molecule has 1 unspecified atom stereocenters. The molecule has 0 spiro atoms. The highest BCUT2D eigenvalue weighted by Gasteiger charge is 2.17. The molecule has 1 aliphatic rings. The minimum atomic E-state index is 0.204. The van der Waals surface area contributed by atoms with Crippen LogP contribution in [-0.2, 0) is 16.1 Å². The summed E-state index contributed by atoms with van der Waals surface area (Å²) in [7, 11) is 0. The Kier molecular flexibility index (Phi) is 3.02. The van der Waals surface area contributed by atoms with Crippen LogP contribution in [0.2, 0.25) is 0 Å². The van der Waals surface area contributed by atoms with Crippen LogP contribution >= 0.6 is 0 Å². The summed E-state index contributed by atoms with van der Waals surface area (Å²) in [6.45, 7) is 2.93. The molecule has 15 heavy (non-hydrogen) atoms. The third kappa shape index (κ3) is 2.02. The normalized spacial score (nSPS) is 16.3. The average Bonchev–Trinajstić information content (AvgIpc) is 2.28. The maximum Gasteiger partial charge on any atom is 0.189 e. The number of benzene rings is 1. The molecule has 0 aliphatic carbocycles. The van der Waals surface area contributed by atoms with Gasteiger partial charge in [0.15, 0.2) is 6.79 Å². The summed E-state index contributed by atoms with van der Waals surface area (Å²) in [4.78, 5) is 10.5. The summed E-state index contributed by atoms with van der Waals surface area (Å²) >= 11 is 0. The van der Waals surface area contributed by atoms with Crippen molar-refractivity contribution in [3.63, 3.8) is 0 Å². The highest BCUT2D eigenvalue weighted by atomic mass is 16.7. The third-order valence-electron chi connectivity index (χ3n) is 2.65. The van der Waals surface area contributed by atoms with E-state index in [2.05, 4.69) is 0 Å². The molecule has 1 aromatic rings. The van der Waals surface area contributed by atoms with Crippen molar-refractivity contribution in [2.75, 3.05) is 6.79 Å². The lowest BCUT2D eigenvalue weighted by atomic mass is 9.95. The van der Waals surface area contributed by atoms with E-state index in [1.807, 2.05) is 25.1 Å². The zero-order chi connectivity index (χ0) is 10.7. The molecule has 0 radical (unpaired) electrons. The van der Waals surface area contributed by atoms with Gasteiger partial charge in [-0.2, -0.15) is 0 Å². The fourth-order valence-corrected chi connectivity index (χ4v) is 1.81. The molecule has 0 aromatic heterocycles. The quantitative estimate of drug-likeness (QED) is 0.711. The standard InChI is InChI=1S/C12H14O3/c1-9(5-6-13)11-4-2-3-10-7-14-8-15-12(10)11/h2-4,6,9H,5,7-8H2,1H3. The van der Waals surface area contributed by atoms with E-state index in [0.717, 1.165) is 23.2 Å². The number of rotatable bonds is 3. The molecule has 0 fully saturated rings. The van der Waals surface area contributed by atoms with Crippen LogP contribution in [0.5, 0.6) is 5.75 Å². The zero-order valence-corrected chi connectivity index (χ0v) is 8.73. The fraction of sp³-hybridized carbons (Fsp3) is 0.417. The van der Waals surface area contributed by atoms with E-state index in [9.17, 15) is 4.79 Å². The van der Waals surface area contributed by atoms with E-state index in [1.165, 1.54) is 0 Å². The highest BCUT2D eigenvalue weighted by Crippen LogP contribution is 2.33. The second-order valence-corrected chi connectivity index (χ2v) is 3.75. The summed E-state index contributed by atoms with van der Waals surface area (Å²) in [6.07, 6.45) is 1.48. The molecular formula is C12H14O3. The second-order valence-electron chi connectivity index (χ2n) is 3.75. The van der Waals surface area contributed by atoms with Crippen molar-refractivity contribution in [3.8, 4) is 5.75 Å². The minimum Gasteiger partial charge on any atom is -0.467 e. The predicted octanol–water partition coefficient (Wildman–Crippen LogP) is 2.25. The zero-order valence-electron chi connectivity index (χ0n) is 8.73. The molecule has 0 saturated carbocycles. The fourth-order valence-electron chi connectivity index (χ4n) is 1.81. The summed E-state index contributed by atoms with van der Waals surface area (Å²) < 4.78 is 10.7. The second kappa shape index (κ2) is 4.45. The van der Waals surface area contributed by atoms with Crippen molar-refractivity contribution in [3.05, 3.63) is 29.3 Å². The van der Waals surface area contributed by atoms with E-state index in [4.69, 9.17) is 9.47 Å². The molecule has 3 nitrogen and oxygen atoms in total. The molecule has 80 valence electrons. The first kappa shape index (κ1) is 10.2. The number of para-hydroxylation sites is 1. The number of hydrogen-bond acceptors (Lipinski definition) is 3. The summed E-state index contributed by atoms with van der Waals surface area (Å²) in [5.41, 5.74) is 2.17. The molecule has 1 atom stereocenters.